The van der Waals surface area contributed by atoms with Gasteiger partial charge in [0.2, 0.25) is 0 Å². The number of nitrogens with zero attached hydrogens (tertiary/aromatic N) is 2. The lowest BCUT2D eigenvalue weighted by atomic mass is 10.1. The molecule has 1 aliphatic heterocycles. The van der Waals surface area contributed by atoms with E-state index in [0.29, 0.717) is 12.0 Å². The first kappa shape index (κ1) is 17.7. The molecule has 1 atom stereocenters. The molecule has 134 valence electrons. The summed E-state index contributed by atoms with van der Waals surface area (Å²) in [6, 6.07) is 15.6. The van der Waals surface area contributed by atoms with Gasteiger partial charge in [0.15, 0.2) is 0 Å². The average molecular weight is 351 g/mol. The Hall–Kier alpha value is -3.15. The summed E-state index contributed by atoms with van der Waals surface area (Å²) in [5, 5.41) is 2.74. The Bertz CT molecular complexity index is 816. The third-order valence-corrected chi connectivity index (χ3v) is 4.34. The summed E-state index contributed by atoms with van der Waals surface area (Å²) in [7, 11) is 3.38. The van der Waals surface area contributed by atoms with Crippen LogP contribution in [0.1, 0.15) is 21.5 Å². The molecular formula is C20H21N3O3. The Morgan fingerprint density at radius 2 is 1.65 bits per heavy atom. The summed E-state index contributed by atoms with van der Waals surface area (Å²) in [5.41, 5.74) is 2.36. The Labute approximate surface area is 152 Å². The van der Waals surface area contributed by atoms with E-state index in [1.54, 1.807) is 38.4 Å². The van der Waals surface area contributed by atoms with Gasteiger partial charge in [0.05, 0.1) is 6.54 Å². The van der Waals surface area contributed by atoms with Crippen molar-refractivity contribution >= 4 is 17.8 Å². The molecule has 2 aromatic rings. The number of imide groups is 1. The normalized spacial score (nSPS) is 16.5. The van der Waals surface area contributed by atoms with Crippen LogP contribution in [0.25, 0.3) is 0 Å². The molecule has 1 aliphatic rings. The number of benzene rings is 2. The molecule has 0 saturated carbocycles. The van der Waals surface area contributed by atoms with Crippen molar-refractivity contribution in [2.75, 3.05) is 14.1 Å². The smallest absolute Gasteiger partial charge is 0.325 e. The minimum Gasteiger partial charge on any atom is -0.345 e. The van der Waals surface area contributed by atoms with E-state index in [-0.39, 0.29) is 24.4 Å². The van der Waals surface area contributed by atoms with Gasteiger partial charge in [0.25, 0.3) is 11.8 Å². The lowest BCUT2D eigenvalue weighted by molar-refractivity contribution is -0.127. The molecule has 1 N–H and O–H groups in total. The molecule has 0 bridgehead atoms. The maximum Gasteiger partial charge on any atom is 0.325 e. The highest BCUT2D eigenvalue weighted by Crippen LogP contribution is 2.16. The maximum absolute atomic E-state index is 12.6. The molecule has 0 radical (unpaired) electrons. The van der Waals surface area contributed by atoms with Crippen LogP contribution in [0.3, 0.4) is 0 Å². The van der Waals surface area contributed by atoms with Gasteiger partial charge in [-0.25, -0.2) is 4.79 Å². The van der Waals surface area contributed by atoms with Crippen molar-refractivity contribution in [2.24, 2.45) is 0 Å². The third kappa shape index (κ3) is 3.74. The van der Waals surface area contributed by atoms with E-state index in [1.807, 2.05) is 30.3 Å². The number of urea groups is 1. The van der Waals surface area contributed by atoms with Gasteiger partial charge in [0.1, 0.15) is 6.04 Å². The second kappa shape index (κ2) is 7.39. The zero-order chi connectivity index (χ0) is 18.7. The first-order valence-corrected chi connectivity index (χ1v) is 8.42. The summed E-state index contributed by atoms with van der Waals surface area (Å²) in [4.78, 5) is 39.4. The van der Waals surface area contributed by atoms with Gasteiger partial charge in [-0.2, -0.15) is 0 Å². The minimum atomic E-state index is -0.542. The van der Waals surface area contributed by atoms with Crippen LogP contribution in [0.5, 0.6) is 0 Å². The van der Waals surface area contributed by atoms with E-state index in [0.717, 1.165) is 11.1 Å². The third-order valence-electron chi connectivity index (χ3n) is 4.34. The maximum atomic E-state index is 12.6. The van der Waals surface area contributed by atoms with Crippen LogP contribution in [0.2, 0.25) is 0 Å². The second-order valence-corrected chi connectivity index (χ2v) is 6.51. The van der Waals surface area contributed by atoms with E-state index in [2.05, 4.69) is 5.32 Å². The van der Waals surface area contributed by atoms with Gasteiger partial charge in [-0.3, -0.25) is 14.5 Å². The molecule has 6 heteroatoms. The highest BCUT2D eigenvalue weighted by molar-refractivity contribution is 6.04. The SMILES string of the molecule is CN(C)C(=O)c1ccc(CN2C(=O)NC(Cc3ccccc3)C2=O)cc1. The average Bonchev–Trinajstić information content (AvgIpc) is 2.90. The van der Waals surface area contributed by atoms with Gasteiger partial charge in [-0.1, -0.05) is 42.5 Å². The molecule has 2 aromatic carbocycles. The fourth-order valence-electron chi connectivity index (χ4n) is 2.91. The highest BCUT2D eigenvalue weighted by Gasteiger charge is 2.37. The van der Waals surface area contributed by atoms with E-state index in [4.69, 9.17) is 0 Å². The predicted molar refractivity (Wildman–Crippen MR) is 97.5 cm³/mol. The molecule has 1 fully saturated rings. The first-order chi connectivity index (χ1) is 12.5. The number of rotatable bonds is 5. The summed E-state index contributed by atoms with van der Waals surface area (Å²) >= 11 is 0. The number of carbonyl (C=O) groups is 3. The number of hydrogen-bond acceptors (Lipinski definition) is 3. The van der Waals surface area contributed by atoms with Crippen LogP contribution >= 0.6 is 0 Å². The molecule has 26 heavy (non-hydrogen) atoms. The minimum absolute atomic E-state index is 0.0885. The number of carbonyl (C=O) groups excluding carboxylic acids is 3. The second-order valence-electron chi connectivity index (χ2n) is 6.51. The van der Waals surface area contributed by atoms with Crippen molar-refractivity contribution in [2.45, 2.75) is 19.0 Å². The molecule has 1 unspecified atom stereocenters. The zero-order valence-electron chi connectivity index (χ0n) is 14.8. The standard InChI is InChI=1S/C20H21N3O3/c1-22(2)18(24)16-10-8-15(9-11-16)13-23-19(25)17(21-20(23)26)12-14-6-4-3-5-7-14/h3-11,17H,12-13H2,1-2H3,(H,21,26). The van der Waals surface area contributed by atoms with Crippen LogP contribution < -0.4 is 5.32 Å². The van der Waals surface area contributed by atoms with Gasteiger partial charge >= 0.3 is 6.03 Å². The van der Waals surface area contributed by atoms with Crippen molar-refractivity contribution in [1.29, 1.82) is 0 Å². The largest absolute Gasteiger partial charge is 0.345 e. The zero-order valence-corrected chi connectivity index (χ0v) is 14.8. The molecule has 4 amide bonds. The Morgan fingerprint density at radius 3 is 2.27 bits per heavy atom. The molecule has 6 nitrogen and oxygen atoms in total. The first-order valence-electron chi connectivity index (χ1n) is 8.42. The lowest BCUT2D eigenvalue weighted by Crippen LogP contribution is -2.32. The fraction of sp³-hybridized carbons (Fsp3) is 0.250. The molecule has 1 saturated heterocycles. The summed E-state index contributed by atoms with van der Waals surface area (Å²) in [5.74, 6) is -0.318. The van der Waals surface area contributed by atoms with Crippen LogP contribution in [0.4, 0.5) is 4.79 Å². The van der Waals surface area contributed by atoms with Crippen molar-refractivity contribution in [3.63, 3.8) is 0 Å². The Morgan fingerprint density at radius 1 is 1.00 bits per heavy atom. The van der Waals surface area contributed by atoms with Crippen LogP contribution in [-0.2, 0) is 17.8 Å². The number of amides is 4. The van der Waals surface area contributed by atoms with Gasteiger partial charge in [0, 0.05) is 26.1 Å². The van der Waals surface area contributed by atoms with Gasteiger partial charge < -0.3 is 10.2 Å². The molecule has 0 aromatic heterocycles. The molecule has 3 rings (SSSR count). The molecule has 0 aliphatic carbocycles. The van der Waals surface area contributed by atoms with Crippen molar-refractivity contribution in [1.82, 2.24) is 15.1 Å². The van der Waals surface area contributed by atoms with Gasteiger partial charge in [-0.15, -0.1) is 0 Å². The quantitative estimate of drug-likeness (QED) is 0.838. The molecular weight excluding hydrogens is 330 g/mol. The topological polar surface area (TPSA) is 69.7 Å². The number of hydrogen-bond donors (Lipinski definition) is 1. The Kier molecular flexibility index (Phi) is 5.02. The summed E-state index contributed by atoms with van der Waals surface area (Å²) in [6.07, 6.45) is 0.470. The van der Waals surface area contributed by atoms with Gasteiger partial charge in [-0.05, 0) is 23.3 Å². The molecule has 0 spiro atoms. The van der Waals surface area contributed by atoms with Crippen molar-refractivity contribution < 1.29 is 14.4 Å². The highest BCUT2D eigenvalue weighted by atomic mass is 16.2. The van der Waals surface area contributed by atoms with Crippen molar-refractivity contribution in [3.8, 4) is 0 Å². The Balaban J connectivity index is 1.67. The summed E-state index contributed by atoms with van der Waals surface area (Å²) < 4.78 is 0. The molecule has 1 heterocycles. The van der Waals surface area contributed by atoms with E-state index < -0.39 is 6.04 Å². The van der Waals surface area contributed by atoms with Crippen LogP contribution in [-0.4, -0.2) is 47.8 Å². The monoisotopic (exact) mass is 351 g/mol. The van der Waals surface area contributed by atoms with E-state index >= 15 is 0 Å². The lowest BCUT2D eigenvalue weighted by Gasteiger charge is -2.14. The predicted octanol–water partition coefficient (Wildman–Crippen LogP) is 2.05. The number of nitrogens with one attached hydrogen (secondary N) is 1. The summed E-state index contributed by atoms with van der Waals surface area (Å²) in [6.45, 7) is 0.187. The van der Waals surface area contributed by atoms with E-state index in [1.165, 1.54) is 9.80 Å². The fourth-order valence-corrected chi connectivity index (χ4v) is 2.91. The van der Waals surface area contributed by atoms with Crippen LogP contribution in [0, 0.1) is 0 Å². The van der Waals surface area contributed by atoms with Crippen molar-refractivity contribution in [3.05, 3.63) is 71.3 Å². The van der Waals surface area contributed by atoms with E-state index in [9.17, 15) is 14.4 Å². The van der Waals surface area contributed by atoms with Crippen LogP contribution in [0.15, 0.2) is 54.6 Å².